The number of rotatable bonds is 4. The summed E-state index contributed by atoms with van der Waals surface area (Å²) < 4.78 is 5.25. The number of hydrogen-bond donors (Lipinski definition) is 1. The SMILES string of the molecule is CCC1CCCC(Nc2ccc(-c3nnco3)cc2C)C1. The highest BCUT2D eigenvalue weighted by molar-refractivity contribution is 5.62. The molecule has 1 aliphatic rings. The van der Waals surface area contributed by atoms with Crippen LogP contribution < -0.4 is 5.32 Å². The summed E-state index contributed by atoms with van der Waals surface area (Å²) in [6.45, 7) is 4.43. The Morgan fingerprint density at radius 1 is 1.33 bits per heavy atom. The molecule has 1 aromatic heterocycles. The summed E-state index contributed by atoms with van der Waals surface area (Å²) in [7, 11) is 0. The number of anilines is 1. The summed E-state index contributed by atoms with van der Waals surface area (Å²) >= 11 is 0. The van der Waals surface area contributed by atoms with Crippen molar-refractivity contribution in [1.29, 1.82) is 0 Å². The van der Waals surface area contributed by atoms with Gasteiger partial charge in [-0.1, -0.05) is 26.2 Å². The fourth-order valence-corrected chi connectivity index (χ4v) is 3.27. The zero-order valence-corrected chi connectivity index (χ0v) is 12.8. The lowest BCUT2D eigenvalue weighted by molar-refractivity contribution is 0.327. The van der Waals surface area contributed by atoms with Gasteiger partial charge in [0.15, 0.2) is 0 Å². The van der Waals surface area contributed by atoms with E-state index in [1.807, 2.05) is 6.07 Å². The Kier molecular flexibility index (Phi) is 4.23. The Labute approximate surface area is 126 Å². The Morgan fingerprint density at radius 3 is 2.95 bits per heavy atom. The molecule has 1 aromatic carbocycles. The monoisotopic (exact) mass is 285 g/mol. The van der Waals surface area contributed by atoms with Crippen LogP contribution in [0.15, 0.2) is 29.0 Å². The third-order valence-corrected chi connectivity index (χ3v) is 4.55. The number of benzene rings is 1. The minimum Gasteiger partial charge on any atom is -0.423 e. The van der Waals surface area contributed by atoms with Crippen molar-refractivity contribution in [2.24, 2.45) is 5.92 Å². The normalized spacial score (nSPS) is 22.2. The Morgan fingerprint density at radius 2 is 2.24 bits per heavy atom. The zero-order chi connectivity index (χ0) is 14.7. The van der Waals surface area contributed by atoms with Crippen LogP contribution in [0.2, 0.25) is 0 Å². The molecular formula is C17H23N3O. The number of nitrogens with zero attached hydrogens (tertiary/aromatic N) is 2. The molecule has 4 nitrogen and oxygen atoms in total. The fourth-order valence-electron chi connectivity index (χ4n) is 3.27. The first kappa shape index (κ1) is 14.1. The average Bonchev–Trinajstić information content (AvgIpc) is 3.04. The summed E-state index contributed by atoms with van der Waals surface area (Å²) in [6.07, 6.45) is 7.97. The zero-order valence-electron chi connectivity index (χ0n) is 12.8. The van der Waals surface area contributed by atoms with Gasteiger partial charge in [0, 0.05) is 17.3 Å². The number of aromatic nitrogens is 2. The van der Waals surface area contributed by atoms with Gasteiger partial charge in [-0.2, -0.15) is 0 Å². The third kappa shape index (κ3) is 3.26. The van der Waals surface area contributed by atoms with Gasteiger partial charge in [0.05, 0.1) is 0 Å². The van der Waals surface area contributed by atoms with E-state index in [0.717, 1.165) is 11.5 Å². The second-order valence-electron chi connectivity index (χ2n) is 6.06. The molecule has 1 heterocycles. The van der Waals surface area contributed by atoms with Crippen LogP contribution >= 0.6 is 0 Å². The van der Waals surface area contributed by atoms with E-state index in [1.54, 1.807) is 0 Å². The molecule has 0 aliphatic heterocycles. The van der Waals surface area contributed by atoms with E-state index in [-0.39, 0.29) is 0 Å². The van der Waals surface area contributed by atoms with E-state index in [1.165, 1.54) is 49.7 Å². The highest BCUT2D eigenvalue weighted by atomic mass is 16.4. The predicted molar refractivity (Wildman–Crippen MR) is 84.1 cm³/mol. The van der Waals surface area contributed by atoms with Gasteiger partial charge in [0.25, 0.3) is 0 Å². The highest BCUT2D eigenvalue weighted by Crippen LogP contribution is 2.30. The molecule has 2 unspecified atom stereocenters. The van der Waals surface area contributed by atoms with Gasteiger partial charge in [-0.25, -0.2) is 0 Å². The smallest absolute Gasteiger partial charge is 0.247 e. The molecule has 1 saturated carbocycles. The second kappa shape index (κ2) is 6.29. The van der Waals surface area contributed by atoms with Crippen LogP contribution in [0.5, 0.6) is 0 Å². The van der Waals surface area contributed by atoms with E-state index in [2.05, 4.69) is 41.5 Å². The Balaban J connectivity index is 1.71. The van der Waals surface area contributed by atoms with Gasteiger partial charge in [0.2, 0.25) is 12.3 Å². The van der Waals surface area contributed by atoms with E-state index in [4.69, 9.17) is 4.42 Å². The fraction of sp³-hybridized carbons (Fsp3) is 0.529. The van der Waals surface area contributed by atoms with Gasteiger partial charge >= 0.3 is 0 Å². The Hall–Kier alpha value is -1.84. The van der Waals surface area contributed by atoms with Crippen LogP contribution in [0, 0.1) is 12.8 Å². The first-order valence-corrected chi connectivity index (χ1v) is 7.90. The molecule has 112 valence electrons. The van der Waals surface area contributed by atoms with Crippen molar-refractivity contribution >= 4 is 5.69 Å². The van der Waals surface area contributed by atoms with Crippen LogP contribution in [-0.2, 0) is 0 Å². The molecule has 2 aromatic rings. The number of hydrogen-bond acceptors (Lipinski definition) is 4. The molecule has 4 heteroatoms. The maximum Gasteiger partial charge on any atom is 0.247 e. The van der Waals surface area contributed by atoms with E-state index < -0.39 is 0 Å². The lowest BCUT2D eigenvalue weighted by Gasteiger charge is -2.30. The van der Waals surface area contributed by atoms with Crippen LogP contribution in [0.25, 0.3) is 11.5 Å². The van der Waals surface area contributed by atoms with Crippen LogP contribution in [-0.4, -0.2) is 16.2 Å². The van der Waals surface area contributed by atoms with Gasteiger partial charge in [0.1, 0.15) is 0 Å². The molecule has 0 amide bonds. The maximum absolute atomic E-state index is 5.25. The molecule has 2 atom stereocenters. The van der Waals surface area contributed by atoms with Crippen LogP contribution in [0.3, 0.4) is 0 Å². The standard InChI is InChI=1S/C17H23N3O/c1-3-13-5-4-6-15(10-13)19-16-8-7-14(9-12(16)2)17-20-18-11-21-17/h7-9,11,13,15,19H,3-6,10H2,1-2H3. The first-order chi connectivity index (χ1) is 10.3. The highest BCUT2D eigenvalue weighted by Gasteiger charge is 2.21. The molecule has 0 saturated heterocycles. The predicted octanol–water partition coefficient (Wildman–Crippen LogP) is 4.43. The van der Waals surface area contributed by atoms with Crippen molar-refractivity contribution in [3.63, 3.8) is 0 Å². The topological polar surface area (TPSA) is 51.0 Å². The van der Waals surface area contributed by atoms with E-state index >= 15 is 0 Å². The lowest BCUT2D eigenvalue weighted by Crippen LogP contribution is -2.27. The third-order valence-electron chi connectivity index (χ3n) is 4.55. The summed E-state index contributed by atoms with van der Waals surface area (Å²) in [5.74, 6) is 1.46. The van der Waals surface area contributed by atoms with Crippen molar-refractivity contribution in [1.82, 2.24) is 10.2 Å². The lowest BCUT2D eigenvalue weighted by atomic mass is 9.84. The van der Waals surface area contributed by atoms with Crippen molar-refractivity contribution in [3.8, 4) is 11.5 Å². The molecule has 3 rings (SSSR count). The number of nitrogens with one attached hydrogen (secondary N) is 1. The van der Waals surface area contributed by atoms with Crippen molar-refractivity contribution in [2.45, 2.75) is 52.0 Å². The Bertz CT molecular complexity index is 580. The molecule has 1 N–H and O–H groups in total. The summed E-state index contributed by atoms with van der Waals surface area (Å²) in [5, 5.41) is 11.4. The van der Waals surface area contributed by atoms with Gasteiger partial charge in [-0.15, -0.1) is 10.2 Å². The summed E-state index contributed by atoms with van der Waals surface area (Å²) in [4.78, 5) is 0. The molecule has 0 spiro atoms. The molecule has 0 bridgehead atoms. The average molecular weight is 285 g/mol. The van der Waals surface area contributed by atoms with E-state index in [0.29, 0.717) is 11.9 Å². The van der Waals surface area contributed by atoms with Crippen LogP contribution in [0.4, 0.5) is 5.69 Å². The summed E-state index contributed by atoms with van der Waals surface area (Å²) in [5.41, 5.74) is 3.43. The molecule has 21 heavy (non-hydrogen) atoms. The van der Waals surface area contributed by atoms with Crippen LogP contribution in [0.1, 0.15) is 44.6 Å². The first-order valence-electron chi connectivity index (χ1n) is 7.90. The molecule has 1 fully saturated rings. The van der Waals surface area contributed by atoms with E-state index in [9.17, 15) is 0 Å². The van der Waals surface area contributed by atoms with Gasteiger partial charge < -0.3 is 9.73 Å². The minimum absolute atomic E-state index is 0.577. The minimum atomic E-state index is 0.577. The summed E-state index contributed by atoms with van der Waals surface area (Å²) in [6, 6.07) is 6.89. The number of aryl methyl sites for hydroxylation is 1. The van der Waals surface area contributed by atoms with Gasteiger partial charge in [-0.05, 0) is 49.4 Å². The molecule has 0 radical (unpaired) electrons. The molecular weight excluding hydrogens is 262 g/mol. The van der Waals surface area contributed by atoms with Crippen molar-refractivity contribution < 1.29 is 4.42 Å². The van der Waals surface area contributed by atoms with Crippen molar-refractivity contribution in [2.75, 3.05) is 5.32 Å². The maximum atomic E-state index is 5.25. The van der Waals surface area contributed by atoms with Gasteiger partial charge in [-0.3, -0.25) is 0 Å². The largest absolute Gasteiger partial charge is 0.423 e. The van der Waals surface area contributed by atoms with Crippen molar-refractivity contribution in [3.05, 3.63) is 30.2 Å². The second-order valence-corrected chi connectivity index (χ2v) is 6.06. The molecule has 1 aliphatic carbocycles. The quantitative estimate of drug-likeness (QED) is 0.903.